The summed E-state index contributed by atoms with van der Waals surface area (Å²) >= 11 is 0. The van der Waals surface area contributed by atoms with Crippen LogP contribution in [0, 0.1) is 5.41 Å². The fraction of sp³-hybridized carbons (Fsp3) is 0.472. The van der Waals surface area contributed by atoms with Crippen LogP contribution in [0.1, 0.15) is 76.1 Å². The summed E-state index contributed by atoms with van der Waals surface area (Å²) in [6.45, 7) is 9.60. The van der Waals surface area contributed by atoms with Gasteiger partial charge in [-0.05, 0) is 69.5 Å². The first kappa shape index (κ1) is 34.0. The molecule has 49 heavy (non-hydrogen) atoms. The molecule has 13 heteroatoms. The van der Waals surface area contributed by atoms with Crippen LogP contribution in [0.2, 0.25) is 0 Å². The number of aromatic nitrogens is 5. The number of nitrogens with zero attached hydrogens (tertiary/aromatic N) is 8. The Bertz CT molecular complexity index is 1810. The van der Waals surface area contributed by atoms with Gasteiger partial charge in [0.1, 0.15) is 23.4 Å². The fourth-order valence-corrected chi connectivity index (χ4v) is 6.17. The zero-order chi connectivity index (χ0) is 34.5. The predicted molar refractivity (Wildman–Crippen MR) is 192 cm³/mol. The molecule has 1 fully saturated rings. The van der Waals surface area contributed by atoms with Crippen LogP contribution >= 0.6 is 0 Å². The molecule has 0 saturated carbocycles. The minimum absolute atomic E-state index is 0.166. The summed E-state index contributed by atoms with van der Waals surface area (Å²) in [5.74, 6) is 1.96. The molecule has 6 rings (SSSR count). The standard InChI is InChI=1S/C36H49N11O2/c1-36(2,3)31(37)21-32(39-25-22-38-46(23-25)20-19-44(4)5)41-34(48)40-29-14-15-30(28-12-8-7-11-27(28)29)49-26-13-16-33-42-43-35(47(33)24-26)45-17-9-6-10-18-45/h7-8,11-13,16,21-24,29-30H,6,9-10,14-15,17-20,37H2,1-5H3,(H2,39,40,41,48)/b31-21-/t29-,30+/m0/s1. The molecule has 13 nitrogen and oxygen atoms in total. The molecule has 2 atom stereocenters. The van der Waals surface area contributed by atoms with Crippen molar-refractivity contribution < 1.29 is 9.53 Å². The van der Waals surface area contributed by atoms with Crippen LogP contribution in [0.4, 0.5) is 16.4 Å². The van der Waals surface area contributed by atoms with Crippen molar-refractivity contribution in [2.24, 2.45) is 16.1 Å². The monoisotopic (exact) mass is 667 g/mol. The van der Waals surface area contributed by atoms with Crippen LogP contribution in [0.15, 0.2) is 71.8 Å². The van der Waals surface area contributed by atoms with Gasteiger partial charge in [0, 0.05) is 36.8 Å². The average molecular weight is 668 g/mol. The number of piperidine rings is 1. The Balaban J connectivity index is 1.17. The van der Waals surface area contributed by atoms with Gasteiger partial charge in [-0.2, -0.15) is 5.10 Å². The predicted octanol–water partition coefficient (Wildman–Crippen LogP) is 5.35. The van der Waals surface area contributed by atoms with E-state index < -0.39 is 0 Å². The molecule has 0 spiro atoms. The van der Waals surface area contributed by atoms with E-state index in [2.05, 4.69) is 47.9 Å². The van der Waals surface area contributed by atoms with E-state index in [9.17, 15) is 4.79 Å². The number of carbonyl (C=O) groups excluding carboxylic acids is 1. The number of amidine groups is 1. The van der Waals surface area contributed by atoms with E-state index in [1.807, 2.05) is 80.6 Å². The zero-order valence-corrected chi connectivity index (χ0v) is 29.3. The van der Waals surface area contributed by atoms with E-state index in [1.165, 1.54) is 6.42 Å². The number of pyridine rings is 1. The second-order valence-corrected chi connectivity index (χ2v) is 14.2. The van der Waals surface area contributed by atoms with Crippen LogP contribution in [-0.2, 0) is 6.54 Å². The Labute approximate surface area is 288 Å². The lowest BCUT2D eigenvalue weighted by Gasteiger charge is -2.32. The Morgan fingerprint density at radius 3 is 2.59 bits per heavy atom. The van der Waals surface area contributed by atoms with Crippen LogP contribution < -0.4 is 26.0 Å². The van der Waals surface area contributed by atoms with Gasteiger partial charge in [-0.3, -0.25) is 14.4 Å². The second kappa shape index (κ2) is 14.7. The highest BCUT2D eigenvalue weighted by molar-refractivity contribution is 6.05. The van der Waals surface area contributed by atoms with Crippen LogP contribution in [0.25, 0.3) is 5.65 Å². The molecule has 0 unspecified atom stereocenters. The van der Waals surface area contributed by atoms with Crippen molar-refractivity contribution in [3.63, 3.8) is 0 Å². The summed E-state index contributed by atoms with van der Waals surface area (Å²) in [4.78, 5) is 22.6. The number of likely N-dealkylation sites (N-methyl/N-ethyl adjacent to an activating group) is 1. The van der Waals surface area contributed by atoms with Gasteiger partial charge < -0.3 is 25.6 Å². The third-order valence-corrected chi connectivity index (χ3v) is 9.06. The summed E-state index contributed by atoms with van der Waals surface area (Å²) in [6.07, 6.45) is 12.1. The van der Waals surface area contributed by atoms with Gasteiger partial charge in [-0.25, -0.2) is 9.79 Å². The lowest BCUT2D eigenvalue weighted by atomic mass is 9.85. The Hall–Kier alpha value is -4.91. The second-order valence-electron chi connectivity index (χ2n) is 14.2. The molecule has 1 aromatic carbocycles. The minimum atomic E-state index is -0.362. The first-order valence-electron chi connectivity index (χ1n) is 17.2. The number of rotatable bonds is 9. The molecule has 2 amide bonds. The van der Waals surface area contributed by atoms with Crippen molar-refractivity contribution in [2.75, 3.05) is 38.6 Å². The molecular weight excluding hydrogens is 618 g/mol. The van der Waals surface area contributed by atoms with E-state index in [-0.39, 0.29) is 23.6 Å². The molecule has 1 aliphatic carbocycles. The van der Waals surface area contributed by atoms with E-state index in [4.69, 9.17) is 15.5 Å². The number of hydrogen-bond donors (Lipinski definition) is 3. The number of nitrogens with two attached hydrogens (primary N) is 1. The zero-order valence-electron chi connectivity index (χ0n) is 29.3. The van der Waals surface area contributed by atoms with E-state index >= 15 is 0 Å². The SMILES string of the molecule is CN(C)CCn1cc(N=C(/C=C(\N)C(C)(C)C)NC(=O)N[C@H]2CC[C@@H](Oc3ccc4nnc(N5CCCCC5)n4c3)c3ccccc32)cn1. The van der Waals surface area contributed by atoms with Crippen molar-refractivity contribution in [3.8, 4) is 5.75 Å². The third kappa shape index (κ3) is 8.40. The van der Waals surface area contributed by atoms with Crippen molar-refractivity contribution in [2.45, 2.75) is 71.6 Å². The number of urea groups is 1. The summed E-state index contributed by atoms with van der Waals surface area (Å²) in [5, 5.41) is 19.4. The van der Waals surface area contributed by atoms with Crippen molar-refractivity contribution >= 4 is 29.1 Å². The van der Waals surface area contributed by atoms with Gasteiger partial charge in [0.25, 0.3) is 0 Å². The fourth-order valence-electron chi connectivity index (χ4n) is 6.17. The van der Waals surface area contributed by atoms with Gasteiger partial charge in [-0.15, -0.1) is 10.2 Å². The molecule has 2 aliphatic rings. The quantitative estimate of drug-likeness (QED) is 0.160. The molecule has 3 aromatic heterocycles. The van der Waals surface area contributed by atoms with Crippen molar-refractivity contribution in [1.82, 2.24) is 39.9 Å². The van der Waals surface area contributed by atoms with Crippen LogP contribution in [0.3, 0.4) is 0 Å². The Kier molecular flexibility index (Phi) is 10.2. The van der Waals surface area contributed by atoms with Gasteiger partial charge in [0.15, 0.2) is 5.65 Å². The first-order chi connectivity index (χ1) is 23.5. The maximum atomic E-state index is 13.5. The topological polar surface area (TPSA) is 143 Å². The van der Waals surface area contributed by atoms with Crippen LogP contribution in [0.5, 0.6) is 5.75 Å². The summed E-state index contributed by atoms with van der Waals surface area (Å²) in [6, 6.07) is 11.5. The van der Waals surface area contributed by atoms with Gasteiger partial charge in [-0.1, -0.05) is 45.0 Å². The number of aliphatic imine (C=N–C) groups is 1. The largest absolute Gasteiger partial charge is 0.484 e. The summed E-state index contributed by atoms with van der Waals surface area (Å²) in [5.41, 5.74) is 10.2. The Morgan fingerprint density at radius 1 is 1.06 bits per heavy atom. The molecular formula is C36H49N11O2. The smallest absolute Gasteiger partial charge is 0.320 e. The number of benzene rings is 1. The number of ether oxygens (including phenoxy) is 1. The number of allylic oxidation sites excluding steroid dienone is 1. The number of fused-ring (bicyclic) bond motifs is 2. The molecule has 0 radical (unpaired) electrons. The number of amides is 2. The lowest BCUT2D eigenvalue weighted by molar-refractivity contribution is 0.171. The molecule has 0 bridgehead atoms. The minimum Gasteiger partial charge on any atom is -0.484 e. The highest BCUT2D eigenvalue weighted by Gasteiger charge is 2.30. The molecule has 4 N–H and O–H groups in total. The Morgan fingerprint density at radius 2 is 1.84 bits per heavy atom. The maximum absolute atomic E-state index is 13.5. The molecule has 260 valence electrons. The maximum Gasteiger partial charge on any atom is 0.320 e. The highest BCUT2D eigenvalue weighted by Crippen LogP contribution is 2.39. The van der Waals surface area contributed by atoms with E-state index in [0.717, 1.165) is 73.9 Å². The van der Waals surface area contributed by atoms with Crippen molar-refractivity contribution in [3.05, 3.63) is 77.9 Å². The number of carbonyl (C=O) groups is 1. The normalized spacial score (nSPS) is 18.9. The van der Waals surface area contributed by atoms with E-state index in [0.29, 0.717) is 23.6 Å². The van der Waals surface area contributed by atoms with Crippen LogP contribution in [-0.4, -0.2) is 74.9 Å². The third-order valence-electron chi connectivity index (χ3n) is 9.06. The van der Waals surface area contributed by atoms with Crippen molar-refractivity contribution in [1.29, 1.82) is 0 Å². The number of nitrogens with one attached hydrogen (secondary N) is 2. The average Bonchev–Trinajstić information content (AvgIpc) is 3.71. The van der Waals surface area contributed by atoms with Gasteiger partial charge >= 0.3 is 6.03 Å². The summed E-state index contributed by atoms with van der Waals surface area (Å²) < 4.78 is 10.5. The molecule has 1 saturated heterocycles. The number of hydrogen-bond acceptors (Lipinski definition) is 9. The van der Waals surface area contributed by atoms with Gasteiger partial charge in [0.05, 0.1) is 31.2 Å². The first-order valence-corrected chi connectivity index (χ1v) is 17.2. The highest BCUT2D eigenvalue weighted by atomic mass is 16.5. The van der Waals surface area contributed by atoms with Gasteiger partial charge in [0.2, 0.25) is 5.95 Å². The molecule has 1 aliphatic heterocycles. The molecule has 4 heterocycles. The lowest BCUT2D eigenvalue weighted by Crippen LogP contribution is -2.42. The number of anilines is 1. The summed E-state index contributed by atoms with van der Waals surface area (Å²) in [7, 11) is 4.04. The molecule has 4 aromatic rings. The van der Waals surface area contributed by atoms with E-state index in [1.54, 1.807) is 12.3 Å².